The van der Waals surface area contributed by atoms with E-state index in [4.69, 9.17) is 4.74 Å². The topological polar surface area (TPSA) is 93.5 Å². The Morgan fingerprint density at radius 3 is 2.48 bits per heavy atom. The highest BCUT2D eigenvalue weighted by Crippen LogP contribution is 2.13. The van der Waals surface area contributed by atoms with Crippen LogP contribution in [0.5, 0.6) is 0 Å². The van der Waals surface area contributed by atoms with Crippen LogP contribution in [0.4, 0.5) is 4.79 Å². The number of hydrogen-bond donors (Lipinski definition) is 1. The van der Waals surface area contributed by atoms with Crippen LogP contribution in [0.3, 0.4) is 0 Å². The normalized spacial score (nSPS) is 12.5. The summed E-state index contributed by atoms with van der Waals surface area (Å²) in [5.41, 5.74) is -0.0539. The number of nitrogens with one attached hydrogen (secondary N) is 1. The van der Waals surface area contributed by atoms with Crippen LogP contribution in [-0.2, 0) is 27.8 Å². The largest absolute Gasteiger partial charge is 0.444 e. The molecule has 1 heterocycles. The van der Waals surface area contributed by atoms with Gasteiger partial charge in [0.25, 0.3) is 0 Å². The molecule has 0 radical (unpaired) electrons. The molecule has 0 saturated carbocycles. The van der Waals surface area contributed by atoms with Gasteiger partial charge in [-0.15, -0.1) is 0 Å². The zero-order valence-electron chi connectivity index (χ0n) is 14.6. The quantitative estimate of drug-likeness (QED) is 0.834. The van der Waals surface area contributed by atoms with E-state index in [9.17, 15) is 13.2 Å². The number of carbonyl (C=O) groups excluding carboxylic acids is 1. The molecule has 132 valence electrons. The van der Waals surface area contributed by atoms with Crippen LogP contribution >= 0.6 is 0 Å². The fourth-order valence-corrected chi connectivity index (χ4v) is 3.08. The summed E-state index contributed by atoms with van der Waals surface area (Å²) in [6.45, 7) is 7.43. The van der Waals surface area contributed by atoms with Gasteiger partial charge in [0, 0.05) is 39.7 Å². The third-order valence-electron chi connectivity index (χ3n) is 2.92. The standard InChI is InChI=1S/C14H26N4O4S/c1-7-12-16-10-11(18(12)23(20,21)17(5)6)8-9-15-13(19)22-14(2,3)4/h10H,7-9H2,1-6H3,(H,15,19). The zero-order valence-corrected chi connectivity index (χ0v) is 15.4. The summed E-state index contributed by atoms with van der Waals surface area (Å²) in [5, 5.41) is 2.61. The van der Waals surface area contributed by atoms with Crippen molar-refractivity contribution in [2.75, 3.05) is 20.6 Å². The molecule has 1 aromatic heterocycles. The summed E-state index contributed by atoms with van der Waals surface area (Å²) in [5.74, 6) is 0.464. The number of imidazole rings is 1. The molecule has 1 amide bonds. The highest BCUT2D eigenvalue weighted by molar-refractivity contribution is 7.87. The molecule has 23 heavy (non-hydrogen) atoms. The zero-order chi connectivity index (χ0) is 17.8. The van der Waals surface area contributed by atoms with Crippen LogP contribution in [-0.4, -0.2) is 54.0 Å². The summed E-state index contributed by atoms with van der Waals surface area (Å²) >= 11 is 0. The van der Waals surface area contributed by atoms with Crippen molar-refractivity contribution >= 4 is 16.3 Å². The Kier molecular flexibility index (Phi) is 6.18. The first kappa shape index (κ1) is 19.4. The summed E-state index contributed by atoms with van der Waals surface area (Å²) in [6, 6.07) is 0. The van der Waals surface area contributed by atoms with Crippen LogP contribution in [0.1, 0.15) is 39.2 Å². The summed E-state index contributed by atoms with van der Waals surface area (Å²) in [6.07, 6.45) is 1.82. The van der Waals surface area contributed by atoms with Gasteiger partial charge in [0.05, 0.1) is 5.69 Å². The lowest BCUT2D eigenvalue weighted by atomic mass is 10.2. The Morgan fingerprint density at radius 2 is 2.00 bits per heavy atom. The lowest BCUT2D eigenvalue weighted by molar-refractivity contribution is 0.0528. The molecule has 0 fully saturated rings. The number of amides is 1. The minimum absolute atomic E-state index is 0.257. The van der Waals surface area contributed by atoms with Crippen molar-refractivity contribution in [1.29, 1.82) is 0 Å². The minimum Gasteiger partial charge on any atom is -0.444 e. The van der Waals surface area contributed by atoms with Gasteiger partial charge in [-0.05, 0) is 20.8 Å². The molecule has 0 spiro atoms. The molecule has 8 nitrogen and oxygen atoms in total. The second-order valence-electron chi connectivity index (χ2n) is 6.25. The molecule has 0 aromatic carbocycles. The molecule has 1 N–H and O–H groups in total. The molecular formula is C14H26N4O4S. The number of ether oxygens (including phenoxy) is 1. The molecule has 9 heteroatoms. The van der Waals surface area contributed by atoms with E-state index < -0.39 is 21.9 Å². The number of carbonyl (C=O) groups is 1. The highest BCUT2D eigenvalue weighted by atomic mass is 32.2. The average Bonchev–Trinajstić information content (AvgIpc) is 2.80. The maximum absolute atomic E-state index is 12.4. The Balaban J connectivity index is 2.83. The number of hydrogen-bond acceptors (Lipinski definition) is 5. The van der Waals surface area contributed by atoms with Crippen molar-refractivity contribution in [1.82, 2.24) is 18.6 Å². The van der Waals surface area contributed by atoms with Crippen molar-refractivity contribution in [3.05, 3.63) is 17.7 Å². The van der Waals surface area contributed by atoms with E-state index in [0.29, 0.717) is 24.4 Å². The molecule has 0 aliphatic rings. The Hall–Kier alpha value is -1.61. The van der Waals surface area contributed by atoms with Gasteiger partial charge in [-0.1, -0.05) is 6.92 Å². The molecular weight excluding hydrogens is 320 g/mol. The van der Waals surface area contributed by atoms with E-state index in [-0.39, 0.29) is 6.54 Å². The molecule has 0 aliphatic heterocycles. The van der Waals surface area contributed by atoms with E-state index in [2.05, 4.69) is 10.3 Å². The molecule has 0 atom stereocenters. The number of alkyl carbamates (subject to hydrolysis) is 1. The third-order valence-corrected chi connectivity index (χ3v) is 4.75. The number of nitrogens with zero attached hydrogens (tertiary/aromatic N) is 3. The maximum atomic E-state index is 12.4. The minimum atomic E-state index is -3.64. The Morgan fingerprint density at radius 1 is 1.39 bits per heavy atom. The average molecular weight is 346 g/mol. The van der Waals surface area contributed by atoms with Crippen molar-refractivity contribution in [2.45, 2.75) is 46.1 Å². The highest BCUT2D eigenvalue weighted by Gasteiger charge is 2.23. The maximum Gasteiger partial charge on any atom is 0.407 e. The summed E-state index contributed by atoms with van der Waals surface area (Å²) < 4.78 is 32.3. The van der Waals surface area contributed by atoms with Crippen molar-refractivity contribution in [3.63, 3.8) is 0 Å². The predicted octanol–water partition coefficient (Wildman–Crippen LogP) is 1.17. The summed E-state index contributed by atoms with van der Waals surface area (Å²) in [4.78, 5) is 15.8. The first-order valence-corrected chi connectivity index (χ1v) is 8.84. The second kappa shape index (κ2) is 7.31. The van der Waals surface area contributed by atoms with Gasteiger partial charge in [-0.25, -0.2) is 13.8 Å². The number of rotatable bonds is 6. The molecule has 1 rings (SSSR count). The smallest absolute Gasteiger partial charge is 0.407 e. The fourth-order valence-electron chi connectivity index (χ4n) is 1.87. The van der Waals surface area contributed by atoms with E-state index >= 15 is 0 Å². The van der Waals surface area contributed by atoms with Crippen LogP contribution in [0.15, 0.2) is 6.20 Å². The van der Waals surface area contributed by atoms with E-state index in [0.717, 1.165) is 4.31 Å². The van der Waals surface area contributed by atoms with Gasteiger partial charge < -0.3 is 10.1 Å². The Labute approximate surface area is 138 Å². The van der Waals surface area contributed by atoms with Gasteiger partial charge in [-0.2, -0.15) is 12.7 Å². The lowest BCUT2D eigenvalue weighted by Gasteiger charge is -2.20. The van der Waals surface area contributed by atoms with Gasteiger partial charge in [0.15, 0.2) is 0 Å². The fraction of sp³-hybridized carbons (Fsp3) is 0.714. The molecule has 0 bridgehead atoms. The second-order valence-corrected chi connectivity index (χ2v) is 8.24. The SMILES string of the molecule is CCc1ncc(CCNC(=O)OC(C)(C)C)n1S(=O)(=O)N(C)C. The molecule has 1 aromatic rings. The number of aryl methyl sites for hydroxylation is 1. The van der Waals surface area contributed by atoms with E-state index in [1.54, 1.807) is 20.8 Å². The predicted molar refractivity (Wildman–Crippen MR) is 87.6 cm³/mol. The monoisotopic (exact) mass is 346 g/mol. The van der Waals surface area contributed by atoms with Crippen LogP contribution in [0, 0.1) is 0 Å². The van der Waals surface area contributed by atoms with E-state index in [1.165, 1.54) is 24.3 Å². The first-order valence-electron chi connectivity index (χ1n) is 7.44. The first-order chi connectivity index (χ1) is 10.5. The van der Waals surface area contributed by atoms with Crippen molar-refractivity contribution < 1.29 is 17.9 Å². The van der Waals surface area contributed by atoms with Gasteiger partial charge in [-0.3, -0.25) is 0 Å². The van der Waals surface area contributed by atoms with Gasteiger partial charge in [0.1, 0.15) is 11.4 Å². The van der Waals surface area contributed by atoms with Crippen molar-refractivity contribution in [3.8, 4) is 0 Å². The van der Waals surface area contributed by atoms with Gasteiger partial charge >= 0.3 is 16.3 Å². The molecule has 0 unspecified atom stereocenters. The van der Waals surface area contributed by atoms with E-state index in [1.807, 2.05) is 6.92 Å². The van der Waals surface area contributed by atoms with Gasteiger partial charge in [0.2, 0.25) is 0 Å². The molecule has 0 saturated heterocycles. The number of aromatic nitrogens is 2. The Bertz CT molecular complexity index is 644. The lowest BCUT2D eigenvalue weighted by Crippen LogP contribution is -2.35. The van der Waals surface area contributed by atoms with Crippen LogP contribution < -0.4 is 5.32 Å². The van der Waals surface area contributed by atoms with Crippen LogP contribution in [0.25, 0.3) is 0 Å². The third kappa shape index (κ3) is 5.21. The summed E-state index contributed by atoms with van der Waals surface area (Å²) in [7, 11) is -0.703. The van der Waals surface area contributed by atoms with Crippen molar-refractivity contribution in [2.24, 2.45) is 0 Å². The molecule has 0 aliphatic carbocycles. The van der Waals surface area contributed by atoms with Crippen LogP contribution in [0.2, 0.25) is 0 Å².